The van der Waals surface area contributed by atoms with Crippen LogP contribution in [-0.2, 0) is 4.74 Å². The van der Waals surface area contributed by atoms with E-state index in [2.05, 4.69) is 20.3 Å². The van der Waals surface area contributed by atoms with E-state index in [4.69, 9.17) is 9.15 Å². The number of hydrogen-bond donors (Lipinski definition) is 1. The fourth-order valence-electron chi connectivity index (χ4n) is 3.55. The zero-order chi connectivity index (χ0) is 21.9. The van der Waals surface area contributed by atoms with Crippen molar-refractivity contribution < 1.29 is 17.9 Å². The van der Waals surface area contributed by atoms with Gasteiger partial charge in [-0.05, 0) is 42.5 Å². The zero-order valence-corrected chi connectivity index (χ0v) is 17.0. The summed E-state index contributed by atoms with van der Waals surface area (Å²) in [5.74, 6) is -0.237. The number of morpholine rings is 1. The third-order valence-corrected chi connectivity index (χ3v) is 5.13. The van der Waals surface area contributed by atoms with Crippen LogP contribution in [0.15, 0.2) is 65.7 Å². The summed E-state index contributed by atoms with van der Waals surface area (Å²) in [5.41, 5.74) is 2.60. The molecule has 0 radical (unpaired) electrons. The Bertz CT molecular complexity index is 1210. The van der Waals surface area contributed by atoms with Crippen molar-refractivity contribution in [1.29, 1.82) is 0 Å². The fraction of sp³-hybridized carbons (Fsp3) is 0.174. The van der Waals surface area contributed by atoms with Crippen molar-refractivity contribution in [3.63, 3.8) is 0 Å². The normalized spacial score (nSPS) is 13.9. The molecule has 7 nitrogen and oxygen atoms in total. The molecule has 0 atom stereocenters. The number of nitrogens with zero attached hydrogens (tertiary/aromatic N) is 4. The molecule has 2 aromatic carbocycles. The maximum Gasteiger partial charge on any atom is 0.227 e. The molecule has 0 saturated carbocycles. The van der Waals surface area contributed by atoms with Crippen molar-refractivity contribution in [2.45, 2.75) is 0 Å². The third kappa shape index (κ3) is 4.28. The first-order valence-electron chi connectivity index (χ1n) is 10.1. The number of halogens is 2. The Morgan fingerprint density at radius 1 is 0.938 bits per heavy atom. The summed E-state index contributed by atoms with van der Waals surface area (Å²) < 4.78 is 39.6. The maximum absolute atomic E-state index is 14.6. The van der Waals surface area contributed by atoms with Crippen molar-refractivity contribution in [3.05, 3.63) is 72.9 Å². The topological polar surface area (TPSA) is 76.3 Å². The summed E-state index contributed by atoms with van der Waals surface area (Å²) in [6.45, 7) is 2.42. The SMILES string of the molecule is Fc1cc(-c2nc(Nc3ccc(-c4cnco4)cc3)ncc2F)cc(N2CCOCC2)c1. The molecule has 1 aliphatic rings. The van der Waals surface area contributed by atoms with Gasteiger partial charge < -0.3 is 19.4 Å². The van der Waals surface area contributed by atoms with Gasteiger partial charge in [0.05, 0.1) is 25.6 Å². The van der Waals surface area contributed by atoms with Gasteiger partial charge in [-0.3, -0.25) is 0 Å². The van der Waals surface area contributed by atoms with E-state index in [1.165, 1.54) is 18.5 Å². The standard InChI is InChI=1S/C23H19F2N5O2/c24-17-9-16(10-19(11-17)30-5-7-31-8-6-30)22-20(25)12-27-23(29-22)28-18-3-1-15(2-4-18)21-13-26-14-32-21/h1-4,9-14H,5-8H2,(H,27,28,29). The second-order valence-electron chi connectivity index (χ2n) is 7.26. The molecule has 1 saturated heterocycles. The van der Waals surface area contributed by atoms with Crippen molar-refractivity contribution in [2.75, 3.05) is 36.5 Å². The molecule has 32 heavy (non-hydrogen) atoms. The lowest BCUT2D eigenvalue weighted by Crippen LogP contribution is -2.36. The lowest BCUT2D eigenvalue weighted by Gasteiger charge is -2.29. The van der Waals surface area contributed by atoms with Crippen LogP contribution in [0.2, 0.25) is 0 Å². The number of anilines is 3. The molecule has 0 aliphatic carbocycles. The van der Waals surface area contributed by atoms with Crippen LogP contribution in [0.1, 0.15) is 0 Å². The summed E-state index contributed by atoms with van der Waals surface area (Å²) in [7, 11) is 0. The van der Waals surface area contributed by atoms with E-state index in [-0.39, 0.29) is 11.6 Å². The molecular weight excluding hydrogens is 416 g/mol. The minimum atomic E-state index is -0.630. The summed E-state index contributed by atoms with van der Waals surface area (Å²) in [6, 6.07) is 11.8. The lowest BCUT2D eigenvalue weighted by atomic mass is 10.1. The first-order valence-corrected chi connectivity index (χ1v) is 10.1. The van der Waals surface area contributed by atoms with Crippen molar-refractivity contribution >= 4 is 17.3 Å². The van der Waals surface area contributed by atoms with E-state index in [0.29, 0.717) is 49.0 Å². The maximum atomic E-state index is 14.6. The Morgan fingerprint density at radius 2 is 1.75 bits per heavy atom. The molecule has 0 amide bonds. The minimum Gasteiger partial charge on any atom is -0.444 e. The highest BCUT2D eigenvalue weighted by Gasteiger charge is 2.16. The first-order chi connectivity index (χ1) is 15.7. The van der Waals surface area contributed by atoms with Gasteiger partial charge in [-0.15, -0.1) is 0 Å². The van der Waals surface area contributed by atoms with Gasteiger partial charge in [-0.25, -0.2) is 23.7 Å². The number of oxazole rings is 1. The average Bonchev–Trinajstić information content (AvgIpc) is 3.36. The molecule has 162 valence electrons. The van der Waals surface area contributed by atoms with E-state index in [9.17, 15) is 8.78 Å². The van der Waals surface area contributed by atoms with Crippen LogP contribution in [0.25, 0.3) is 22.6 Å². The molecule has 4 aromatic rings. The van der Waals surface area contributed by atoms with Crippen LogP contribution in [-0.4, -0.2) is 41.3 Å². The van der Waals surface area contributed by atoms with E-state index in [0.717, 1.165) is 11.8 Å². The molecular formula is C23H19F2N5O2. The Balaban J connectivity index is 1.41. The second-order valence-corrected chi connectivity index (χ2v) is 7.26. The van der Waals surface area contributed by atoms with E-state index < -0.39 is 11.6 Å². The molecule has 3 heterocycles. The Kier molecular flexibility index (Phi) is 5.47. The average molecular weight is 435 g/mol. The number of benzene rings is 2. The highest BCUT2D eigenvalue weighted by atomic mass is 19.1. The molecule has 0 spiro atoms. The van der Waals surface area contributed by atoms with Crippen LogP contribution in [0.5, 0.6) is 0 Å². The summed E-state index contributed by atoms with van der Waals surface area (Å²) in [4.78, 5) is 14.2. The van der Waals surface area contributed by atoms with Gasteiger partial charge in [-0.1, -0.05) is 0 Å². The number of ether oxygens (including phenoxy) is 1. The smallest absolute Gasteiger partial charge is 0.227 e. The quantitative estimate of drug-likeness (QED) is 0.489. The molecule has 0 bridgehead atoms. The van der Waals surface area contributed by atoms with Gasteiger partial charge >= 0.3 is 0 Å². The monoisotopic (exact) mass is 435 g/mol. The van der Waals surface area contributed by atoms with E-state index in [1.807, 2.05) is 29.2 Å². The number of nitrogens with one attached hydrogen (secondary N) is 1. The molecule has 1 N–H and O–H groups in total. The van der Waals surface area contributed by atoms with Crippen LogP contribution in [0, 0.1) is 11.6 Å². The Hall–Kier alpha value is -3.85. The van der Waals surface area contributed by atoms with E-state index >= 15 is 0 Å². The molecule has 1 aliphatic heterocycles. The van der Waals surface area contributed by atoms with Gasteiger partial charge in [0.1, 0.15) is 11.5 Å². The molecule has 5 rings (SSSR count). The van der Waals surface area contributed by atoms with Crippen molar-refractivity contribution in [3.8, 4) is 22.6 Å². The van der Waals surface area contributed by atoms with Crippen LogP contribution < -0.4 is 10.2 Å². The molecule has 1 fully saturated rings. The van der Waals surface area contributed by atoms with Crippen molar-refractivity contribution in [1.82, 2.24) is 15.0 Å². The van der Waals surface area contributed by atoms with Crippen LogP contribution in [0.3, 0.4) is 0 Å². The zero-order valence-electron chi connectivity index (χ0n) is 17.0. The first kappa shape index (κ1) is 20.1. The van der Waals surface area contributed by atoms with E-state index in [1.54, 1.807) is 12.3 Å². The molecule has 9 heteroatoms. The number of hydrogen-bond acceptors (Lipinski definition) is 7. The predicted octanol–water partition coefficient (Wildman–Crippen LogP) is 4.66. The van der Waals surface area contributed by atoms with Crippen LogP contribution >= 0.6 is 0 Å². The molecule has 2 aromatic heterocycles. The minimum absolute atomic E-state index is 0.0230. The highest BCUT2D eigenvalue weighted by Crippen LogP contribution is 2.29. The number of aromatic nitrogens is 3. The second kappa shape index (κ2) is 8.72. The van der Waals surface area contributed by atoms with Gasteiger partial charge in [-0.2, -0.15) is 0 Å². The van der Waals surface area contributed by atoms with Gasteiger partial charge in [0.15, 0.2) is 18.0 Å². The summed E-state index contributed by atoms with van der Waals surface area (Å²) in [5, 5.41) is 3.05. The van der Waals surface area contributed by atoms with Gasteiger partial charge in [0.25, 0.3) is 0 Å². The third-order valence-electron chi connectivity index (χ3n) is 5.13. The Morgan fingerprint density at radius 3 is 2.50 bits per heavy atom. The van der Waals surface area contributed by atoms with Gasteiger partial charge in [0.2, 0.25) is 5.95 Å². The van der Waals surface area contributed by atoms with Gasteiger partial charge in [0, 0.05) is 35.6 Å². The summed E-state index contributed by atoms with van der Waals surface area (Å²) in [6.07, 6.45) is 4.07. The van der Waals surface area contributed by atoms with Crippen LogP contribution in [0.4, 0.5) is 26.1 Å². The predicted molar refractivity (Wildman–Crippen MR) is 116 cm³/mol. The summed E-state index contributed by atoms with van der Waals surface area (Å²) >= 11 is 0. The van der Waals surface area contributed by atoms with Crippen molar-refractivity contribution in [2.24, 2.45) is 0 Å². The Labute approximate surface area is 182 Å². The molecule has 0 unspecified atom stereocenters. The lowest BCUT2D eigenvalue weighted by molar-refractivity contribution is 0.122. The fourth-order valence-corrected chi connectivity index (χ4v) is 3.55. The highest BCUT2D eigenvalue weighted by molar-refractivity contribution is 5.68. The number of rotatable bonds is 5. The largest absolute Gasteiger partial charge is 0.444 e.